The highest BCUT2D eigenvalue weighted by molar-refractivity contribution is 5.14. The lowest BCUT2D eigenvalue weighted by Gasteiger charge is -1.95. The predicted octanol–water partition coefficient (Wildman–Crippen LogP) is 1.44. The lowest BCUT2D eigenvalue weighted by Crippen LogP contribution is -1.94. The molecule has 0 saturated heterocycles. The number of aryl methyl sites for hydroxylation is 2. The van der Waals surface area contributed by atoms with Gasteiger partial charge in [-0.15, -0.1) is 0 Å². The third-order valence-electron chi connectivity index (χ3n) is 1.93. The topological polar surface area (TPSA) is 64.9 Å². The van der Waals surface area contributed by atoms with Crippen molar-refractivity contribution in [3.8, 4) is 0 Å². The molecule has 2 N–H and O–H groups in total. The molecule has 0 bridgehead atoms. The van der Waals surface area contributed by atoms with Gasteiger partial charge in [-0.2, -0.15) is 4.98 Å². The zero-order chi connectivity index (χ0) is 9.80. The molecule has 0 aliphatic carbocycles. The molecule has 0 aliphatic heterocycles. The molecule has 0 aromatic carbocycles. The molecular formula is C10H11N3O. The first-order chi connectivity index (χ1) is 6.84. The Balaban J connectivity index is 1.95. The normalized spacial score (nSPS) is 10.3. The second-order valence-corrected chi connectivity index (χ2v) is 3.00. The highest BCUT2D eigenvalue weighted by Crippen LogP contribution is 2.06. The van der Waals surface area contributed by atoms with Crippen LogP contribution < -0.4 is 5.73 Å². The van der Waals surface area contributed by atoms with Gasteiger partial charge in [0.2, 0.25) is 0 Å². The molecule has 2 aromatic rings. The summed E-state index contributed by atoms with van der Waals surface area (Å²) in [6, 6.07) is 6.08. The third-order valence-corrected chi connectivity index (χ3v) is 1.93. The highest BCUT2D eigenvalue weighted by Gasteiger charge is 2.00. The van der Waals surface area contributed by atoms with Crippen molar-refractivity contribution in [2.45, 2.75) is 12.8 Å². The Morgan fingerprint density at radius 2 is 2.07 bits per heavy atom. The first kappa shape index (κ1) is 8.74. The van der Waals surface area contributed by atoms with Gasteiger partial charge in [0.05, 0.1) is 5.69 Å². The number of oxazole rings is 1. The van der Waals surface area contributed by atoms with Crippen LogP contribution in [0.15, 0.2) is 35.1 Å². The minimum atomic E-state index is 0.223. The smallest absolute Gasteiger partial charge is 0.292 e. The van der Waals surface area contributed by atoms with E-state index < -0.39 is 0 Å². The van der Waals surface area contributed by atoms with Crippen molar-refractivity contribution < 1.29 is 4.42 Å². The monoisotopic (exact) mass is 189 g/mol. The van der Waals surface area contributed by atoms with Crippen molar-refractivity contribution >= 4 is 6.01 Å². The number of hydrogen-bond donors (Lipinski definition) is 1. The van der Waals surface area contributed by atoms with Crippen molar-refractivity contribution in [2.24, 2.45) is 0 Å². The van der Waals surface area contributed by atoms with E-state index in [1.807, 2.05) is 18.2 Å². The number of anilines is 1. The van der Waals surface area contributed by atoms with Crippen LogP contribution in [0.4, 0.5) is 6.01 Å². The van der Waals surface area contributed by atoms with Gasteiger partial charge in [-0.3, -0.25) is 4.98 Å². The molecule has 0 fully saturated rings. The van der Waals surface area contributed by atoms with Crippen molar-refractivity contribution in [2.75, 3.05) is 5.73 Å². The molecule has 0 spiro atoms. The molecule has 14 heavy (non-hydrogen) atoms. The number of hydrogen-bond acceptors (Lipinski definition) is 4. The van der Waals surface area contributed by atoms with Gasteiger partial charge in [0.15, 0.2) is 0 Å². The molecule has 0 amide bonds. The summed E-state index contributed by atoms with van der Waals surface area (Å²) in [5.41, 5.74) is 7.27. The van der Waals surface area contributed by atoms with E-state index in [9.17, 15) is 0 Å². The number of pyridine rings is 1. The van der Waals surface area contributed by atoms with Crippen LogP contribution in [0.25, 0.3) is 0 Å². The number of nitrogen functional groups attached to an aromatic ring is 1. The molecule has 2 rings (SSSR count). The van der Waals surface area contributed by atoms with Crippen LogP contribution in [0.5, 0.6) is 0 Å². The first-order valence-electron chi connectivity index (χ1n) is 4.44. The fraction of sp³-hybridized carbons (Fsp3) is 0.200. The molecule has 4 heteroatoms. The molecule has 4 nitrogen and oxygen atoms in total. The Bertz CT molecular complexity index is 397. The molecule has 0 atom stereocenters. The van der Waals surface area contributed by atoms with Crippen LogP contribution in [-0.4, -0.2) is 9.97 Å². The molecule has 0 saturated carbocycles. The Labute approximate surface area is 81.8 Å². The van der Waals surface area contributed by atoms with E-state index in [1.165, 1.54) is 0 Å². The maximum absolute atomic E-state index is 5.35. The zero-order valence-electron chi connectivity index (χ0n) is 7.68. The summed E-state index contributed by atoms with van der Waals surface area (Å²) >= 11 is 0. The van der Waals surface area contributed by atoms with Gasteiger partial charge in [0.1, 0.15) is 6.26 Å². The Morgan fingerprint density at radius 3 is 2.71 bits per heavy atom. The average Bonchev–Trinajstić information content (AvgIpc) is 2.63. The molecule has 2 aromatic heterocycles. The molecular weight excluding hydrogens is 178 g/mol. The second kappa shape index (κ2) is 3.91. The summed E-state index contributed by atoms with van der Waals surface area (Å²) in [6.07, 6.45) is 5.02. The standard InChI is InChI=1S/C10H11N3O/c11-10-13-9(7-14-10)5-4-8-3-1-2-6-12-8/h1-3,6-7H,4-5H2,(H2,11,13). The Morgan fingerprint density at radius 1 is 1.21 bits per heavy atom. The van der Waals surface area contributed by atoms with Crippen LogP contribution >= 0.6 is 0 Å². The maximum atomic E-state index is 5.35. The van der Waals surface area contributed by atoms with Gasteiger partial charge in [0, 0.05) is 11.9 Å². The molecule has 0 radical (unpaired) electrons. The van der Waals surface area contributed by atoms with Crippen LogP contribution in [0.3, 0.4) is 0 Å². The SMILES string of the molecule is Nc1nc(CCc2ccccn2)co1. The van der Waals surface area contributed by atoms with Gasteiger partial charge >= 0.3 is 0 Å². The lowest BCUT2D eigenvalue weighted by atomic mass is 10.2. The minimum Gasteiger partial charge on any atom is -0.432 e. The number of nitrogens with zero attached hydrogens (tertiary/aromatic N) is 2. The second-order valence-electron chi connectivity index (χ2n) is 3.00. The highest BCUT2D eigenvalue weighted by atomic mass is 16.4. The average molecular weight is 189 g/mol. The van der Waals surface area contributed by atoms with E-state index in [0.717, 1.165) is 24.2 Å². The minimum absolute atomic E-state index is 0.223. The van der Waals surface area contributed by atoms with E-state index in [2.05, 4.69) is 9.97 Å². The van der Waals surface area contributed by atoms with Crippen LogP contribution in [0.1, 0.15) is 11.4 Å². The Hall–Kier alpha value is -1.84. The zero-order valence-corrected chi connectivity index (χ0v) is 7.68. The van der Waals surface area contributed by atoms with Crippen molar-refractivity contribution in [1.29, 1.82) is 0 Å². The number of nitrogens with two attached hydrogens (primary N) is 1. The van der Waals surface area contributed by atoms with E-state index in [4.69, 9.17) is 10.2 Å². The third kappa shape index (κ3) is 2.10. The fourth-order valence-corrected chi connectivity index (χ4v) is 1.24. The summed E-state index contributed by atoms with van der Waals surface area (Å²) in [4.78, 5) is 8.22. The van der Waals surface area contributed by atoms with Gasteiger partial charge < -0.3 is 10.2 Å². The summed E-state index contributed by atoms with van der Waals surface area (Å²) in [6.45, 7) is 0. The van der Waals surface area contributed by atoms with Crippen molar-refractivity contribution in [3.63, 3.8) is 0 Å². The summed E-state index contributed by atoms with van der Waals surface area (Å²) in [5.74, 6) is 0. The largest absolute Gasteiger partial charge is 0.432 e. The summed E-state index contributed by atoms with van der Waals surface area (Å²) in [5, 5.41) is 0. The maximum Gasteiger partial charge on any atom is 0.292 e. The fourth-order valence-electron chi connectivity index (χ4n) is 1.24. The summed E-state index contributed by atoms with van der Waals surface area (Å²) in [7, 11) is 0. The van der Waals surface area contributed by atoms with Crippen molar-refractivity contribution in [3.05, 3.63) is 42.0 Å². The molecule has 0 unspecified atom stereocenters. The van der Waals surface area contributed by atoms with E-state index in [-0.39, 0.29) is 6.01 Å². The Kier molecular flexibility index (Phi) is 2.44. The van der Waals surface area contributed by atoms with E-state index >= 15 is 0 Å². The van der Waals surface area contributed by atoms with E-state index in [0.29, 0.717) is 0 Å². The number of rotatable bonds is 3. The predicted molar refractivity (Wildman–Crippen MR) is 52.6 cm³/mol. The molecule has 2 heterocycles. The quantitative estimate of drug-likeness (QED) is 0.793. The molecule has 72 valence electrons. The van der Waals surface area contributed by atoms with Crippen LogP contribution in [-0.2, 0) is 12.8 Å². The van der Waals surface area contributed by atoms with Gasteiger partial charge in [0.25, 0.3) is 6.01 Å². The summed E-state index contributed by atoms with van der Waals surface area (Å²) < 4.78 is 4.90. The van der Waals surface area contributed by atoms with Gasteiger partial charge in [-0.25, -0.2) is 0 Å². The van der Waals surface area contributed by atoms with Crippen LogP contribution in [0.2, 0.25) is 0 Å². The van der Waals surface area contributed by atoms with Gasteiger partial charge in [-0.05, 0) is 25.0 Å². The number of aromatic nitrogens is 2. The van der Waals surface area contributed by atoms with Crippen LogP contribution in [0, 0.1) is 0 Å². The lowest BCUT2D eigenvalue weighted by molar-refractivity contribution is 0.578. The van der Waals surface area contributed by atoms with E-state index in [1.54, 1.807) is 12.5 Å². The first-order valence-corrected chi connectivity index (χ1v) is 4.44. The van der Waals surface area contributed by atoms with Crippen molar-refractivity contribution in [1.82, 2.24) is 9.97 Å². The molecule has 0 aliphatic rings. The van der Waals surface area contributed by atoms with Gasteiger partial charge in [-0.1, -0.05) is 6.07 Å².